The number of carboxylic acids is 1. The van der Waals surface area contributed by atoms with Crippen LogP contribution in [0.25, 0.3) is 12.2 Å². The van der Waals surface area contributed by atoms with Crippen molar-refractivity contribution in [3.05, 3.63) is 143 Å². The van der Waals surface area contributed by atoms with Gasteiger partial charge >= 0.3 is 12.1 Å². The van der Waals surface area contributed by atoms with Crippen molar-refractivity contribution in [2.45, 2.75) is 25.6 Å². The van der Waals surface area contributed by atoms with Crippen LogP contribution in [0, 0.1) is 0 Å². The molecular weight excluding hydrogens is 583 g/mol. The number of carbonyl (C=O) groups excluding carboxylic acids is 1. The molecule has 9 heteroatoms. The molecule has 6 nitrogen and oxygen atoms in total. The molecule has 0 aliphatic rings. The van der Waals surface area contributed by atoms with E-state index in [9.17, 15) is 27.9 Å². The summed E-state index contributed by atoms with van der Waals surface area (Å²) in [4.78, 5) is 24.2. The summed E-state index contributed by atoms with van der Waals surface area (Å²) < 4.78 is 49.6. The molecule has 0 saturated heterocycles. The number of alkyl halides is 3. The highest BCUT2D eigenvalue weighted by Gasteiger charge is 2.29. The Morgan fingerprint density at radius 2 is 1.29 bits per heavy atom. The Hall–Kier alpha value is -5.31. The quantitative estimate of drug-likeness (QED) is 0.0655. The van der Waals surface area contributed by atoms with Gasteiger partial charge in [0.05, 0.1) is 5.56 Å². The van der Waals surface area contributed by atoms with Crippen LogP contribution in [0.4, 0.5) is 13.2 Å². The number of ether oxygens (including phenoxy) is 2. The van der Waals surface area contributed by atoms with Gasteiger partial charge in [-0.25, -0.2) is 4.79 Å². The number of halogens is 3. The van der Waals surface area contributed by atoms with Gasteiger partial charge in [0.25, 0.3) is 0 Å². The molecule has 0 fully saturated rings. The fourth-order valence-electron chi connectivity index (χ4n) is 4.33. The smallest absolute Gasteiger partial charge is 0.416 e. The van der Waals surface area contributed by atoms with Gasteiger partial charge in [0.1, 0.15) is 30.8 Å². The highest BCUT2D eigenvalue weighted by atomic mass is 19.4. The maximum atomic E-state index is 12.7. The van der Waals surface area contributed by atoms with Gasteiger partial charge in [0.15, 0.2) is 5.78 Å². The zero-order valence-electron chi connectivity index (χ0n) is 24.5. The van der Waals surface area contributed by atoms with E-state index in [2.05, 4.69) is 5.32 Å². The first-order chi connectivity index (χ1) is 21.6. The topological polar surface area (TPSA) is 84.9 Å². The molecule has 0 aromatic heterocycles. The van der Waals surface area contributed by atoms with Gasteiger partial charge in [-0.3, -0.25) is 4.79 Å². The zero-order chi connectivity index (χ0) is 32.2. The second-order valence-electron chi connectivity index (χ2n) is 10.2. The number of allylic oxidation sites excluding steroid dienone is 2. The maximum Gasteiger partial charge on any atom is 0.416 e. The summed E-state index contributed by atoms with van der Waals surface area (Å²) in [6.45, 7) is 2.24. The van der Waals surface area contributed by atoms with Crippen molar-refractivity contribution in [3.8, 4) is 11.5 Å². The van der Waals surface area contributed by atoms with E-state index in [1.165, 1.54) is 18.2 Å². The second-order valence-corrected chi connectivity index (χ2v) is 10.2. The largest absolute Gasteiger partial charge is 0.490 e. The fraction of sp³-hybridized carbons (Fsp3) is 0.167. The van der Waals surface area contributed by atoms with Crippen molar-refractivity contribution >= 4 is 23.9 Å². The van der Waals surface area contributed by atoms with Gasteiger partial charge in [-0.1, -0.05) is 78.9 Å². The summed E-state index contributed by atoms with van der Waals surface area (Å²) in [5, 5.41) is 12.6. The molecule has 4 aromatic rings. The number of benzene rings is 4. The van der Waals surface area contributed by atoms with Gasteiger partial charge in [-0.05, 0) is 60.0 Å². The molecule has 45 heavy (non-hydrogen) atoms. The van der Waals surface area contributed by atoms with Crippen LogP contribution in [0.3, 0.4) is 0 Å². The van der Waals surface area contributed by atoms with Crippen LogP contribution < -0.4 is 14.8 Å². The van der Waals surface area contributed by atoms with E-state index in [0.717, 1.165) is 23.3 Å². The van der Waals surface area contributed by atoms with Crippen LogP contribution >= 0.6 is 0 Å². The van der Waals surface area contributed by atoms with Crippen molar-refractivity contribution in [2.75, 3.05) is 13.2 Å². The predicted octanol–water partition coefficient (Wildman–Crippen LogP) is 7.71. The van der Waals surface area contributed by atoms with Gasteiger partial charge in [0.2, 0.25) is 0 Å². The summed E-state index contributed by atoms with van der Waals surface area (Å²) in [5.74, 6) is 0.00734. The van der Waals surface area contributed by atoms with Crippen LogP contribution in [0.1, 0.15) is 39.5 Å². The molecule has 0 saturated carbocycles. The molecule has 0 heterocycles. The fourth-order valence-corrected chi connectivity index (χ4v) is 4.33. The van der Waals surface area contributed by atoms with Crippen LogP contribution in [-0.4, -0.2) is 36.1 Å². The highest BCUT2D eigenvalue weighted by Crippen LogP contribution is 2.29. The summed E-state index contributed by atoms with van der Waals surface area (Å²) in [6.07, 6.45) is 0.784. The van der Waals surface area contributed by atoms with Gasteiger partial charge < -0.3 is 19.9 Å². The molecular formula is C36H32F3NO5. The Labute approximate surface area is 259 Å². The maximum absolute atomic E-state index is 12.7. The lowest BCUT2D eigenvalue weighted by Crippen LogP contribution is -2.37. The first-order valence-corrected chi connectivity index (χ1v) is 14.1. The molecule has 0 spiro atoms. The summed E-state index contributed by atoms with van der Waals surface area (Å²) in [5.41, 5.74) is 2.61. The molecule has 1 atom stereocenters. The number of hydrogen-bond acceptors (Lipinski definition) is 5. The van der Waals surface area contributed by atoms with Crippen molar-refractivity contribution in [3.63, 3.8) is 0 Å². The molecule has 232 valence electrons. The minimum atomic E-state index is -4.36. The average Bonchev–Trinajstić information content (AvgIpc) is 3.03. The Balaban J connectivity index is 1.20. The standard InChI is InChI=1S/C36H32F3NO5/c1-25(23-34(41)29-5-3-2-4-6-29)40-33(35(42)43)24-28-13-19-32(20-14-28)45-22-21-44-31-17-11-27(12-18-31)8-7-26-9-15-30(16-10-26)36(37,38)39/h2-20,23,33,40H,21-22,24H2,1H3,(H,42,43)/b8-7+,25-23+. The van der Waals surface area contributed by atoms with Crippen LogP contribution in [0.5, 0.6) is 11.5 Å². The van der Waals surface area contributed by atoms with E-state index in [1.54, 1.807) is 79.7 Å². The lowest BCUT2D eigenvalue weighted by atomic mass is 10.1. The first-order valence-electron chi connectivity index (χ1n) is 14.1. The second kappa shape index (κ2) is 15.4. The number of ketones is 1. The van der Waals surface area contributed by atoms with Crippen molar-refractivity contribution in [2.24, 2.45) is 0 Å². The van der Waals surface area contributed by atoms with E-state index in [1.807, 2.05) is 18.2 Å². The third-order valence-corrected chi connectivity index (χ3v) is 6.68. The summed E-state index contributed by atoms with van der Waals surface area (Å²) in [6, 6.07) is 27.2. The molecule has 4 rings (SSSR count). The number of carboxylic acid groups (broad SMARTS) is 1. The van der Waals surface area contributed by atoms with Crippen LogP contribution in [0.15, 0.2) is 115 Å². The number of hydrogen-bond donors (Lipinski definition) is 2. The SMILES string of the molecule is C/C(=C\C(=O)c1ccccc1)NC(Cc1ccc(OCCOc2ccc(/C=C/c3ccc(C(F)(F)F)cc3)cc2)cc1)C(=O)O. The predicted molar refractivity (Wildman–Crippen MR) is 167 cm³/mol. The van der Waals surface area contributed by atoms with Crippen molar-refractivity contribution < 1.29 is 37.3 Å². The van der Waals surface area contributed by atoms with Crippen LogP contribution in [0.2, 0.25) is 0 Å². The molecule has 0 amide bonds. The molecule has 1 unspecified atom stereocenters. The summed E-state index contributed by atoms with van der Waals surface area (Å²) in [7, 11) is 0. The average molecular weight is 616 g/mol. The Morgan fingerprint density at radius 3 is 1.80 bits per heavy atom. The van der Waals surface area contributed by atoms with Gasteiger partial charge in [0, 0.05) is 23.8 Å². The Morgan fingerprint density at radius 1 is 0.778 bits per heavy atom. The molecule has 0 bridgehead atoms. The van der Waals surface area contributed by atoms with Crippen LogP contribution in [-0.2, 0) is 17.4 Å². The van der Waals surface area contributed by atoms with Gasteiger partial charge in [-0.2, -0.15) is 13.2 Å². The lowest BCUT2D eigenvalue weighted by Gasteiger charge is -2.16. The Kier molecular flexibility index (Phi) is 11.2. The third-order valence-electron chi connectivity index (χ3n) is 6.68. The monoisotopic (exact) mass is 615 g/mol. The Bertz CT molecular complexity index is 1610. The summed E-state index contributed by atoms with van der Waals surface area (Å²) >= 11 is 0. The molecule has 2 N–H and O–H groups in total. The lowest BCUT2D eigenvalue weighted by molar-refractivity contribution is -0.139. The van der Waals surface area contributed by atoms with Gasteiger partial charge in [-0.15, -0.1) is 0 Å². The molecule has 0 aliphatic heterocycles. The zero-order valence-corrected chi connectivity index (χ0v) is 24.5. The number of aliphatic carboxylic acids is 1. The van der Waals surface area contributed by atoms with Crippen molar-refractivity contribution in [1.29, 1.82) is 0 Å². The number of rotatable bonds is 14. The highest BCUT2D eigenvalue weighted by molar-refractivity contribution is 6.04. The molecule has 0 aliphatic carbocycles. The van der Waals surface area contributed by atoms with E-state index in [4.69, 9.17) is 9.47 Å². The molecule has 0 radical (unpaired) electrons. The number of nitrogens with one attached hydrogen (secondary N) is 1. The van der Waals surface area contributed by atoms with E-state index >= 15 is 0 Å². The third kappa shape index (κ3) is 10.4. The minimum absolute atomic E-state index is 0.207. The molecule has 4 aromatic carbocycles. The van der Waals surface area contributed by atoms with Crippen molar-refractivity contribution in [1.82, 2.24) is 5.32 Å². The minimum Gasteiger partial charge on any atom is -0.490 e. The van der Waals surface area contributed by atoms with E-state index < -0.39 is 23.8 Å². The normalized spacial score (nSPS) is 12.5. The number of carbonyl (C=O) groups is 2. The van der Waals surface area contributed by atoms with E-state index in [0.29, 0.717) is 34.9 Å². The first kappa shape index (κ1) is 32.6. The van der Waals surface area contributed by atoms with E-state index in [-0.39, 0.29) is 18.8 Å².